The number of hydrogen-bond acceptors (Lipinski definition) is 5. The second-order valence-electron chi connectivity index (χ2n) is 5.46. The Hall–Kier alpha value is -2.80. The van der Waals surface area contributed by atoms with E-state index in [-0.39, 0.29) is 15.9 Å². The van der Waals surface area contributed by atoms with Crippen molar-refractivity contribution in [1.29, 1.82) is 0 Å². The SMILES string of the molecule is Cc1ccc(S(=O)(=O)Nc2c(O)c3ccccc3oc2=O)cc1C. The van der Waals surface area contributed by atoms with Gasteiger partial charge in [0.15, 0.2) is 11.4 Å². The molecule has 0 fully saturated rings. The third-order valence-corrected chi connectivity index (χ3v) is 5.16. The molecule has 0 aliphatic carbocycles. The van der Waals surface area contributed by atoms with E-state index < -0.39 is 27.1 Å². The summed E-state index contributed by atoms with van der Waals surface area (Å²) in [5.74, 6) is -0.464. The number of sulfonamides is 1. The van der Waals surface area contributed by atoms with Crippen LogP contribution in [0.1, 0.15) is 11.1 Å². The lowest BCUT2D eigenvalue weighted by Gasteiger charge is -2.11. The molecule has 124 valence electrons. The third kappa shape index (κ3) is 2.74. The van der Waals surface area contributed by atoms with Crippen LogP contribution in [0.3, 0.4) is 0 Å². The highest BCUT2D eigenvalue weighted by Gasteiger charge is 2.21. The fraction of sp³-hybridized carbons (Fsp3) is 0.118. The Kier molecular flexibility index (Phi) is 3.81. The first-order valence-electron chi connectivity index (χ1n) is 7.14. The van der Waals surface area contributed by atoms with Crippen LogP contribution in [0.25, 0.3) is 11.0 Å². The maximum Gasteiger partial charge on any atom is 0.364 e. The average molecular weight is 345 g/mol. The Morgan fingerprint density at radius 1 is 1.04 bits per heavy atom. The fourth-order valence-corrected chi connectivity index (χ4v) is 3.44. The molecule has 0 spiro atoms. The van der Waals surface area contributed by atoms with Crippen molar-refractivity contribution in [3.05, 3.63) is 64.0 Å². The predicted molar refractivity (Wildman–Crippen MR) is 90.9 cm³/mol. The van der Waals surface area contributed by atoms with Gasteiger partial charge in [-0.3, -0.25) is 4.72 Å². The Balaban J connectivity index is 2.12. The number of para-hydroxylation sites is 1. The Morgan fingerprint density at radius 3 is 2.46 bits per heavy atom. The van der Waals surface area contributed by atoms with Gasteiger partial charge < -0.3 is 9.52 Å². The van der Waals surface area contributed by atoms with Crippen molar-refractivity contribution in [3.8, 4) is 5.75 Å². The van der Waals surface area contributed by atoms with E-state index >= 15 is 0 Å². The van der Waals surface area contributed by atoms with Crippen molar-refractivity contribution >= 4 is 26.7 Å². The van der Waals surface area contributed by atoms with E-state index in [1.807, 2.05) is 6.92 Å². The monoisotopic (exact) mass is 345 g/mol. The van der Waals surface area contributed by atoms with Gasteiger partial charge in [-0.2, -0.15) is 0 Å². The normalized spacial score (nSPS) is 11.6. The van der Waals surface area contributed by atoms with E-state index in [4.69, 9.17) is 4.42 Å². The van der Waals surface area contributed by atoms with E-state index in [0.717, 1.165) is 11.1 Å². The first-order chi connectivity index (χ1) is 11.3. The first-order valence-corrected chi connectivity index (χ1v) is 8.63. The van der Waals surface area contributed by atoms with Crippen molar-refractivity contribution in [3.63, 3.8) is 0 Å². The quantitative estimate of drug-likeness (QED) is 0.712. The van der Waals surface area contributed by atoms with E-state index in [0.29, 0.717) is 0 Å². The topological polar surface area (TPSA) is 96.6 Å². The summed E-state index contributed by atoms with van der Waals surface area (Å²) in [6.07, 6.45) is 0. The van der Waals surface area contributed by atoms with Gasteiger partial charge >= 0.3 is 5.63 Å². The Labute approximate surface area is 138 Å². The van der Waals surface area contributed by atoms with Gasteiger partial charge in [0, 0.05) is 0 Å². The average Bonchev–Trinajstić information content (AvgIpc) is 2.54. The molecular formula is C17H15NO5S. The minimum Gasteiger partial charge on any atom is -0.505 e. The number of rotatable bonds is 3. The molecule has 3 rings (SSSR count). The van der Waals surface area contributed by atoms with Gasteiger partial charge in [-0.05, 0) is 49.2 Å². The largest absolute Gasteiger partial charge is 0.505 e. The van der Waals surface area contributed by atoms with Crippen molar-refractivity contribution in [1.82, 2.24) is 0 Å². The number of fused-ring (bicyclic) bond motifs is 1. The summed E-state index contributed by atoms with van der Waals surface area (Å²) < 4.78 is 32.2. The molecule has 0 bridgehead atoms. The van der Waals surface area contributed by atoms with Gasteiger partial charge in [-0.15, -0.1) is 0 Å². The zero-order chi connectivity index (χ0) is 17.5. The van der Waals surface area contributed by atoms with Crippen LogP contribution in [0.2, 0.25) is 0 Å². The smallest absolute Gasteiger partial charge is 0.364 e. The molecule has 1 aromatic heterocycles. The van der Waals surface area contributed by atoms with Crippen LogP contribution < -0.4 is 10.3 Å². The minimum atomic E-state index is -4.04. The fourth-order valence-electron chi connectivity index (χ4n) is 2.30. The summed E-state index contributed by atoms with van der Waals surface area (Å²) in [6.45, 7) is 3.65. The first kappa shape index (κ1) is 16.1. The molecule has 2 aromatic carbocycles. The summed E-state index contributed by atoms with van der Waals surface area (Å²) in [4.78, 5) is 12.0. The molecular weight excluding hydrogens is 330 g/mol. The zero-order valence-corrected chi connectivity index (χ0v) is 13.8. The molecule has 7 heteroatoms. The molecule has 0 saturated carbocycles. The lowest BCUT2D eigenvalue weighted by molar-refractivity contribution is 0.471. The molecule has 6 nitrogen and oxygen atoms in total. The number of aromatic hydroxyl groups is 1. The molecule has 0 aliphatic heterocycles. The van der Waals surface area contributed by atoms with Gasteiger partial charge in [0.1, 0.15) is 5.58 Å². The van der Waals surface area contributed by atoms with Crippen LogP contribution in [0.4, 0.5) is 5.69 Å². The van der Waals surface area contributed by atoms with Crippen molar-refractivity contribution in [2.75, 3.05) is 4.72 Å². The number of anilines is 1. The minimum absolute atomic E-state index is 0.00226. The third-order valence-electron chi connectivity index (χ3n) is 3.81. The summed E-state index contributed by atoms with van der Waals surface area (Å²) in [7, 11) is -4.04. The summed E-state index contributed by atoms with van der Waals surface area (Å²) >= 11 is 0. The van der Waals surface area contributed by atoms with E-state index in [1.165, 1.54) is 24.3 Å². The van der Waals surface area contributed by atoms with Gasteiger partial charge in [-0.1, -0.05) is 18.2 Å². The Bertz CT molecular complexity index is 1100. The zero-order valence-electron chi connectivity index (χ0n) is 13.0. The van der Waals surface area contributed by atoms with Gasteiger partial charge in [0.05, 0.1) is 10.3 Å². The molecule has 0 aliphatic rings. The van der Waals surface area contributed by atoms with Crippen LogP contribution in [0.5, 0.6) is 5.75 Å². The van der Waals surface area contributed by atoms with Crippen LogP contribution in [0, 0.1) is 13.8 Å². The van der Waals surface area contributed by atoms with Crippen LogP contribution in [-0.4, -0.2) is 13.5 Å². The molecule has 0 unspecified atom stereocenters. The van der Waals surface area contributed by atoms with Crippen LogP contribution >= 0.6 is 0 Å². The van der Waals surface area contributed by atoms with E-state index in [2.05, 4.69) is 4.72 Å². The number of benzene rings is 2. The maximum atomic E-state index is 12.5. The number of nitrogens with one attached hydrogen (secondary N) is 1. The summed E-state index contributed by atoms with van der Waals surface area (Å²) in [5, 5.41) is 10.5. The predicted octanol–water partition coefficient (Wildman–Crippen LogP) is 2.92. The van der Waals surface area contributed by atoms with E-state index in [1.54, 1.807) is 25.1 Å². The van der Waals surface area contributed by atoms with Crippen molar-refractivity contribution in [2.24, 2.45) is 0 Å². The molecule has 24 heavy (non-hydrogen) atoms. The second-order valence-corrected chi connectivity index (χ2v) is 7.14. The molecule has 0 atom stereocenters. The lowest BCUT2D eigenvalue weighted by Crippen LogP contribution is -2.18. The van der Waals surface area contributed by atoms with E-state index in [9.17, 15) is 18.3 Å². The van der Waals surface area contributed by atoms with Crippen LogP contribution in [-0.2, 0) is 10.0 Å². The number of aryl methyl sites for hydroxylation is 2. The Morgan fingerprint density at radius 2 is 1.75 bits per heavy atom. The lowest BCUT2D eigenvalue weighted by atomic mass is 10.1. The van der Waals surface area contributed by atoms with Gasteiger partial charge in [0.25, 0.3) is 10.0 Å². The van der Waals surface area contributed by atoms with Crippen molar-refractivity contribution < 1.29 is 17.9 Å². The molecule has 0 radical (unpaired) electrons. The standard InChI is InChI=1S/C17H15NO5S/c1-10-7-8-12(9-11(10)2)24(21,22)18-15-16(19)13-5-3-4-6-14(13)23-17(15)20/h3-9,18-19H,1-2H3. The highest BCUT2D eigenvalue weighted by Crippen LogP contribution is 2.30. The van der Waals surface area contributed by atoms with Gasteiger partial charge in [0.2, 0.25) is 0 Å². The maximum absolute atomic E-state index is 12.5. The highest BCUT2D eigenvalue weighted by molar-refractivity contribution is 7.92. The molecule has 0 saturated heterocycles. The molecule has 3 aromatic rings. The summed E-state index contributed by atoms with van der Waals surface area (Å²) in [6, 6.07) is 10.9. The van der Waals surface area contributed by atoms with Gasteiger partial charge in [-0.25, -0.2) is 13.2 Å². The van der Waals surface area contributed by atoms with Crippen molar-refractivity contribution in [2.45, 2.75) is 18.7 Å². The highest BCUT2D eigenvalue weighted by atomic mass is 32.2. The second kappa shape index (κ2) is 5.68. The number of hydrogen-bond donors (Lipinski definition) is 2. The molecule has 0 amide bonds. The van der Waals surface area contributed by atoms with Crippen LogP contribution in [0.15, 0.2) is 56.6 Å². The molecule has 2 N–H and O–H groups in total. The molecule has 1 heterocycles. The summed E-state index contributed by atoms with van der Waals surface area (Å²) in [5.41, 5.74) is 0.453.